The van der Waals surface area contributed by atoms with Gasteiger partial charge in [0.2, 0.25) is 0 Å². The Morgan fingerprint density at radius 2 is 2.05 bits per heavy atom. The minimum Gasteiger partial charge on any atom is -0.314 e. The van der Waals surface area contributed by atoms with Crippen molar-refractivity contribution in [1.29, 1.82) is 0 Å². The van der Waals surface area contributed by atoms with Crippen molar-refractivity contribution >= 4 is 5.69 Å². The molecule has 0 aromatic heterocycles. The van der Waals surface area contributed by atoms with Crippen molar-refractivity contribution in [3.63, 3.8) is 0 Å². The SMILES string of the molecule is CCC[C@H](c1ccccc1[N+](=O)[O-])N1CCNCC1. The number of hydrogen-bond acceptors (Lipinski definition) is 4. The summed E-state index contributed by atoms with van der Waals surface area (Å²) in [5.74, 6) is 0. The average molecular weight is 263 g/mol. The van der Waals surface area contributed by atoms with Gasteiger partial charge in [0, 0.05) is 43.9 Å². The van der Waals surface area contributed by atoms with Crippen LogP contribution < -0.4 is 5.32 Å². The monoisotopic (exact) mass is 263 g/mol. The molecule has 0 saturated carbocycles. The number of piperazine rings is 1. The maximum atomic E-state index is 11.2. The summed E-state index contributed by atoms with van der Waals surface area (Å²) in [4.78, 5) is 13.3. The van der Waals surface area contributed by atoms with Crippen LogP contribution in [-0.4, -0.2) is 36.0 Å². The van der Waals surface area contributed by atoms with E-state index in [2.05, 4.69) is 17.1 Å². The molecule has 1 heterocycles. The van der Waals surface area contributed by atoms with Gasteiger partial charge in [0.1, 0.15) is 0 Å². The Bertz CT molecular complexity index is 430. The van der Waals surface area contributed by atoms with Crippen LogP contribution in [-0.2, 0) is 0 Å². The van der Waals surface area contributed by atoms with Crippen LogP contribution in [0.15, 0.2) is 24.3 Å². The quantitative estimate of drug-likeness (QED) is 0.654. The first-order chi connectivity index (χ1) is 9.24. The molecule has 1 aliphatic rings. The molecule has 0 radical (unpaired) electrons. The number of para-hydroxylation sites is 1. The molecular formula is C14H21N3O2. The smallest absolute Gasteiger partial charge is 0.274 e. The van der Waals surface area contributed by atoms with Crippen LogP contribution in [0.3, 0.4) is 0 Å². The molecule has 19 heavy (non-hydrogen) atoms. The second-order valence-corrected chi connectivity index (χ2v) is 4.91. The lowest BCUT2D eigenvalue weighted by Gasteiger charge is -2.34. The third kappa shape index (κ3) is 3.30. The Balaban J connectivity index is 2.29. The van der Waals surface area contributed by atoms with Gasteiger partial charge in [-0.2, -0.15) is 0 Å². The van der Waals surface area contributed by atoms with E-state index >= 15 is 0 Å². The van der Waals surface area contributed by atoms with Crippen LogP contribution in [0.1, 0.15) is 31.4 Å². The van der Waals surface area contributed by atoms with Gasteiger partial charge in [-0.05, 0) is 6.42 Å². The molecule has 0 unspecified atom stereocenters. The van der Waals surface area contributed by atoms with E-state index in [9.17, 15) is 10.1 Å². The summed E-state index contributed by atoms with van der Waals surface area (Å²) in [5.41, 5.74) is 1.11. The zero-order valence-electron chi connectivity index (χ0n) is 11.3. The molecule has 104 valence electrons. The third-order valence-electron chi connectivity index (χ3n) is 3.65. The summed E-state index contributed by atoms with van der Waals surface area (Å²) in [6.07, 6.45) is 1.99. The lowest BCUT2D eigenvalue weighted by atomic mass is 9.98. The van der Waals surface area contributed by atoms with Gasteiger partial charge in [-0.25, -0.2) is 0 Å². The maximum absolute atomic E-state index is 11.2. The van der Waals surface area contributed by atoms with E-state index in [0.717, 1.165) is 44.6 Å². The van der Waals surface area contributed by atoms with Gasteiger partial charge in [0.25, 0.3) is 5.69 Å². The highest BCUT2D eigenvalue weighted by Gasteiger charge is 2.27. The zero-order chi connectivity index (χ0) is 13.7. The maximum Gasteiger partial charge on any atom is 0.274 e. The second-order valence-electron chi connectivity index (χ2n) is 4.91. The number of nitro benzene ring substituents is 1. The molecular weight excluding hydrogens is 242 g/mol. The molecule has 0 amide bonds. The molecule has 0 aliphatic carbocycles. The molecule has 2 rings (SSSR count). The van der Waals surface area contributed by atoms with Crippen LogP contribution in [0.25, 0.3) is 0 Å². The van der Waals surface area contributed by atoms with Gasteiger partial charge in [0.15, 0.2) is 0 Å². The Hall–Kier alpha value is -1.46. The van der Waals surface area contributed by atoms with Crippen molar-refractivity contribution in [3.8, 4) is 0 Å². The van der Waals surface area contributed by atoms with Gasteiger partial charge in [-0.1, -0.05) is 31.5 Å². The molecule has 0 bridgehead atoms. The topological polar surface area (TPSA) is 58.4 Å². The normalized spacial score (nSPS) is 18.2. The highest BCUT2D eigenvalue weighted by atomic mass is 16.6. The van der Waals surface area contributed by atoms with Crippen LogP contribution in [0.2, 0.25) is 0 Å². The molecule has 5 nitrogen and oxygen atoms in total. The Kier molecular flexibility index (Phi) is 4.87. The minimum absolute atomic E-state index is 0.161. The van der Waals surface area contributed by atoms with E-state index < -0.39 is 0 Å². The van der Waals surface area contributed by atoms with Crippen molar-refractivity contribution in [2.24, 2.45) is 0 Å². The Labute approximate surface area is 113 Å². The molecule has 5 heteroatoms. The van der Waals surface area contributed by atoms with Crippen LogP contribution in [0, 0.1) is 10.1 Å². The molecule has 1 fully saturated rings. The molecule has 1 aromatic rings. The number of nitrogens with zero attached hydrogens (tertiary/aromatic N) is 2. The van der Waals surface area contributed by atoms with Crippen LogP contribution in [0.4, 0.5) is 5.69 Å². The van der Waals surface area contributed by atoms with Gasteiger partial charge in [-0.3, -0.25) is 15.0 Å². The van der Waals surface area contributed by atoms with E-state index in [1.807, 2.05) is 12.1 Å². The largest absolute Gasteiger partial charge is 0.314 e. The van der Waals surface area contributed by atoms with E-state index in [1.165, 1.54) is 0 Å². The van der Waals surface area contributed by atoms with Crippen LogP contribution >= 0.6 is 0 Å². The predicted molar refractivity (Wildman–Crippen MR) is 75.2 cm³/mol. The number of hydrogen-bond donors (Lipinski definition) is 1. The fourth-order valence-corrected chi connectivity index (χ4v) is 2.74. The lowest BCUT2D eigenvalue weighted by Crippen LogP contribution is -2.45. The van der Waals surface area contributed by atoms with E-state index in [1.54, 1.807) is 12.1 Å². The van der Waals surface area contributed by atoms with Crippen molar-refractivity contribution < 1.29 is 4.92 Å². The van der Waals surface area contributed by atoms with Crippen molar-refractivity contribution in [2.45, 2.75) is 25.8 Å². The molecule has 1 saturated heterocycles. The first kappa shape index (κ1) is 14.0. The van der Waals surface area contributed by atoms with Crippen LogP contribution in [0.5, 0.6) is 0 Å². The van der Waals surface area contributed by atoms with Gasteiger partial charge in [0.05, 0.1) is 4.92 Å². The lowest BCUT2D eigenvalue weighted by molar-refractivity contribution is -0.386. The highest BCUT2D eigenvalue weighted by Crippen LogP contribution is 2.32. The van der Waals surface area contributed by atoms with Crippen molar-refractivity contribution in [1.82, 2.24) is 10.2 Å². The average Bonchev–Trinajstić information content (AvgIpc) is 2.45. The summed E-state index contributed by atoms with van der Waals surface area (Å²) in [6, 6.07) is 7.31. The van der Waals surface area contributed by atoms with Gasteiger partial charge in [-0.15, -0.1) is 0 Å². The number of benzene rings is 1. The number of nitro groups is 1. The van der Waals surface area contributed by atoms with E-state index in [-0.39, 0.29) is 16.7 Å². The van der Waals surface area contributed by atoms with Gasteiger partial charge >= 0.3 is 0 Å². The highest BCUT2D eigenvalue weighted by molar-refractivity contribution is 5.42. The zero-order valence-corrected chi connectivity index (χ0v) is 11.3. The minimum atomic E-state index is -0.264. The number of rotatable bonds is 5. The van der Waals surface area contributed by atoms with E-state index in [0.29, 0.717) is 0 Å². The summed E-state index contributed by atoms with van der Waals surface area (Å²) >= 11 is 0. The predicted octanol–water partition coefficient (Wildman–Crippen LogP) is 2.34. The van der Waals surface area contributed by atoms with Gasteiger partial charge < -0.3 is 5.32 Å². The fraction of sp³-hybridized carbons (Fsp3) is 0.571. The summed E-state index contributed by atoms with van der Waals surface area (Å²) in [7, 11) is 0. The summed E-state index contributed by atoms with van der Waals surface area (Å²) < 4.78 is 0. The first-order valence-electron chi connectivity index (χ1n) is 6.92. The van der Waals surface area contributed by atoms with Crippen molar-refractivity contribution in [2.75, 3.05) is 26.2 Å². The standard InChI is InChI=1S/C14H21N3O2/c1-2-5-13(16-10-8-15-9-11-16)12-6-3-4-7-14(12)17(18)19/h3-4,6-7,13,15H,2,5,8-11H2,1H3/t13-/m1/s1. The first-order valence-corrected chi connectivity index (χ1v) is 6.92. The van der Waals surface area contributed by atoms with Crippen molar-refractivity contribution in [3.05, 3.63) is 39.9 Å². The molecule has 0 spiro atoms. The Morgan fingerprint density at radius 1 is 1.37 bits per heavy atom. The van der Waals surface area contributed by atoms with E-state index in [4.69, 9.17) is 0 Å². The Morgan fingerprint density at radius 3 is 2.68 bits per heavy atom. The second kappa shape index (κ2) is 6.63. The third-order valence-corrected chi connectivity index (χ3v) is 3.65. The molecule has 1 aromatic carbocycles. The molecule has 1 N–H and O–H groups in total. The molecule has 1 aliphatic heterocycles. The summed E-state index contributed by atoms with van der Waals surface area (Å²) in [5, 5.41) is 14.5. The molecule has 1 atom stereocenters. The number of nitrogens with one attached hydrogen (secondary N) is 1. The summed E-state index contributed by atoms with van der Waals surface area (Å²) in [6.45, 7) is 5.96. The fourth-order valence-electron chi connectivity index (χ4n) is 2.74.